The summed E-state index contributed by atoms with van der Waals surface area (Å²) >= 11 is 0. The van der Waals surface area contributed by atoms with E-state index in [0.29, 0.717) is 5.76 Å². The molecule has 0 unspecified atom stereocenters. The van der Waals surface area contributed by atoms with Gasteiger partial charge in [-0.15, -0.1) is 0 Å². The second kappa shape index (κ2) is 6.12. The predicted octanol–water partition coefficient (Wildman–Crippen LogP) is 4.35. The van der Waals surface area contributed by atoms with E-state index in [-0.39, 0.29) is 11.6 Å². The van der Waals surface area contributed by atoms with Crippen LogP contribution < -0.4 is 0 Å². The summed E-state index contributed by atoms with van der Waals surface area (Å²) in [5, 5.41) is 18.2. The quantitative estimate of drug-likeness (QED) is 0.582. The maximum absolute atomic E-state index is 11.1. The second-order valence-electron chi connectivity index (χ2n) is 6.89. The van der Waals surface area contributed by atoms with Gasteiger partial charge in [-0.25, -0.2) is 9.31 Å². The molecule has 0 amide bonds. The second-order valence-corrected chi connectivity index (χ2v) is 6.89. The molecule has 7 nitrogen and oxygen atoms in total. The minimum atomic E-state index is -1.01. The Bertz CT molecular complexity index is 1160. The number of furan rings is 1. The highest BCUT2D eigenvalue weighted by Crippen LogP contribution is 2.33. The molecule has 0 aliphatic heterocycles. The Balaban J connectivity index is 1.87. The number of carboxylic acid groups (broad SMARTS) is 1. The van der Waals surface area contributed by atoms with Crippen LogP contribution in [0.4, 0.5) is 0 Å². The summed E-state index contributed by atoms with van der Waals surface area (Å²) in [5.41, 5.74) is 5.94. The van der Waals surface area contributed by atoms with Gasteiger partial charge in [0.15, 0.2) is 0 Å². The van der Waals surface area contributed by atoms with Gasteiger partial charge in [-0.1, -0.05) is 0 Å². The minimum Gasteiger partial charge on any atom is -0.478 e. The highest BCUT2D eigenvalue weighted by Gasteiger charge is 2.19. The van der Waals surface area contributed by atoms with Gasteiger partial charge in [0, 0.05) is 34.6 Å². The Hall–Kier alpha value is -3.35. The van der Waals surface area contributed by atoms with E-state index in [9.17, 15) is 4.79 Å². The van der Waals surface area contributed by atoms with Crippen LogP contribution in [0.15, 0.2) is 41.3 Å². The smallest absolute Gasteiger partial charge is 0.338 e. The third-order valence-corrected chi connectivity index (χ3v) is 4.74. The average molecular weight is 364 g/mol. The van der Waals surface area contributed by atoms with Crippen LogP contribution in [0.2, 0.25) is 0 Å². The molecule has 0 atom stereocenters. The van der Waals surface area contributed by atoms with Gasteiger partial charge in [0.05, 0.1) is 23.0 Å². The van der Waals surface area contributed by atoms with Crippen molar-refractivity contribution in [3.05, 3.63) is 53.8 Å². The molecule has 0 spiro atoms. The van der Waals surface area contributed by atoms with E-state index in [1.807, 2.05) is 36.1 Å². The maximum atomic E-state index is 11.1. The number of fused-ring (bicyclic) bond motifs is 1. The molecular formula is C20H20N4O3. The molecule has 0 bridgehead atoms. The molecule has 27 heavy (non-hydrogen) atoms. The number of nitrogens with zero attached hydrogens (tertiary/aromatic N) is 4. The fourth-order valence-electron chi connectivity index (χ4n) is 3.48. The summed E-state index contributed by atoms with van der Waals surface area (Å²) in [6.07, 6.45) is 4.93. The van der Waals surface area contributed by atoms with E-state index >= 15 is 0 Å². The number of pyridine rings is 1. The zero-order valence-electron chi connectivity index (χ0n) is 15.6. The zero-order valence-corrected chi connectivity index (χ0v) is 15.6. The van der Waals surface area contributed by atoms with Crippen molar-refractivity contribution in [3.8, 4) is 22.5 Å². The van der Waals surface area contributed by atoms with Gasteiger partial charge in [-0.3, -0.25) is 4.68 Å². The lowest BCUT2D eigenvalue weighted by molar-refractivity contribution is 0.0696. The van der Waals surface area contributed by atoms with E-state index in [1.54, 1.807) is 4.52 Å². The molecule has 0 saturated carbocycles. The Morgan fingerprint density at radius 2 is 2.04 bits per heavy atom. The number of carbonyl (C=O) groups is 1. The first kappa shape index (κ1) is 17.1. The SMILES string of the molecule is Cc1nn(C(C)C)c(C)c1-c1cnn2ccc(-c3cc(C(=O)O)co3)cc12. The van der Waals surface area contributed by atoms with Crippen molar-refractivity contribution in [2.75, 3.05) is 0 Å². The molecule has 4 heterocycles. The maximum Gasteiger partial charge on any atom is 0.338 e. The van der Waals surface area contributed by atoms with Gasteiger partial charge in [-0.2, -0.15) is 10.2 Å². The minimum absolute atomic E-state index is 0.128. The van der Waals surface area contributed by atoms with Gasteiger partial charge in [0.25, 0.3) is 0 Å². The van der Waals surface area contributed by atoms with E-state index in [2.05, 4.69) is 31.0 Å². The van der Waals surface area contributed by atoms with Crippen LogP contribution in [0.1, 0.15) is 41.6 Å². The summed E-state index contributed by atoms with van der Waals surface area (Å²) in [7, 11) is 0. The summed E-state index contributed by atoms with van der Waals surface area (Å²) in [5.74, 6) is -0.503. The lowest BCUT2D eigenvalue weighted by atomic mass is 10.0. The third-order valence-electron chi connectivity index (χ3n) is 4.74. The van der Waals surface area contributed by atoms with Gasteiger partial charge >= 0.3 is 5.97 Å². The van der Waals surface area contributed by atoms with Gasteiger partial charge in [-0.05, 0) is 45.9 Å². The average Bonchev–Trinajstić information content (AvgIpc) is 3.32. The summed E-state index contributed by atoms with van der Waals surface area (Å²) < 4.78 is 9.25. The van der Waals surface area contributed by atoms with E-state index in [4.69, 9.17) is 9.52 Å². The summed E-state index contributed by atoms with van der Waals surface area (Å²) in [6.45, 7) is 8.28. The van der Waals surface area contributed by atoms with Crippen LogP contribution >= 0.6 is 0 Å². The normalized spacial score (nSPS) is 11.6. The molecule has 0 fully saturated rings. The fourth-order valence-corrected chi connectivity index (χ4v) is 3.48. The zero-order chi connectivity index (χ0) is 19.3. The van der Waals surface area contributed by atoms with Crippen molar-refractivity contribution >= 4 is 11.5 Å². The van der Waals surface area contributed by atoms with E-state index in [1.165, 1.54) is 12.3 Å². The van der Waals surface area contributed by atoms with Crippen LogP contribution in [-0.2, 0) is 0 Å². The van der Waals surface area contributed by atoms with Crippen molar-refractivity contribution in [2.45, 2.75) is 33.7 Å². The molecule has 0 saturated heterocycles. The third kappa shape index (κ3) is 2.71. The molecule has 4 rings (SSSR count). The van der Waals surface area contributed by atoms with Crippen molar-refractivity contribution in [1.29, 1.82) is 0 Å². The predicted molar refractivity (Wildman–Crippen MR) is 101 cm³/mol. The number of aromatic carboxylic acids is 1. The van der Waals surface area contributed by atoms with Crippen molar-refractivity contribution in [2.24, 2.45) is 0 Å². The molecular weight excluding hydrogens is 344 g/mol. The molecule has 1 N–H and O–H groups in total. The van der Waals surface area contributed by atoms with Crippen molar-refractivity contribution in [3.63, 3.8) is 0 Å². The highest BCUT2D eigenvalue weighted by molar-refractivity contribution is 5.89. The van der Waals surface area contributed by atoms with Gasteiger partial charge < -0.3 is 9.52 Å². The Morgan fingerprint density at radius 3 is 2.67 bits per heavy atom. The lowest BCUT2D eigenvalue weighted by Gasteiger charge is -2.08. The molecule has 7 heteroatoms. The number of hydrogen-bond donors (Lipinski definition) is 1. The monoisotopic (exact) mass is 364 g/mol. The highest BCUT2D eigenvalue weighted by atomic mass is 16.4. The number of hydrogen-bond acceptors (Lipinski definition) is 4. The van der Waals surface area contributed by atoms with Gasteiger partial charge in [0.2, 0.25) is 0 Å². The van der Waals surface area contributed by atoms with Crippen LogP contribution in [0.25, 0.3) is 28.0 Å². The number of aryl methyl sites for hydroxylation is 1. The molecule has 0 aliphatic carbocycles. The lowest BCUT2D eigenvalue weighted by Crippen LogP contribution is -2.04. The number of aromatic nitrogens is 4. The van der Waals surface area contributed by atoms with Crippen LogP contribution in [0, 0.1) is 13.8 Å². The molecule has 0 aliphatic rings. The van der Waals surface area contributed by atoms with Crippen LogP contribution in [0.5, 0.6) is 0 Å². The van der Waals surface area contributed by atoms with E-state index < -0.39 is 5.97 Å². The van der Waals surface area contributed by atoms with Gasteiger partial charge in [0.1, 0.15) is 12.0 Å². The molecule has 0 radical (unpaired) electrons. The summed E-state index contributed by atoms with van der Waals surface area (Å²) in [6, 6.07) is 5.61. The van der Waals surface area contributed by atoms with Crippen LogP contribution in [0.3, 0.4) is 0 Å². The molecule has 138 valence electrons. The number of carboxylic acids is 1. The van der Waals surface area contributed by atoms with Crippen LogP contribution in [-0.4, -0.2) is 30.5 Å². The fraction of sp³-hybridized carbons (Fsp3) is 0.250. The first-order chi connectivity index (χ1) is 12.9. The molecule has 4 aromatic rings. The molecule has 0 aromatic carbocycles. The molecule has 4 aromatic heterocycles. The van der Waals surface area contributed by atoms with Crippen molar-refractivity contribution in [1.82, 2.24) is 19.4 Å². The largest absolute Gasteiger partial charge is 0.478 e. The van der Waals surface area contributed by atoms with Crippen molar-refractivity contribution < 1.29 is 14.3 Å². The van der Waals surface area contributed by atoms with E-state index in [0.717, 1.165) is 33.6 Å². The first-order valence-corrected chi connectivity index (χ1v) is 8.72. The first-order valence-electron chi connectivity index (χ1n) is 8.72. The summed E-state index contributed by atoms with van der Waals surface area (Å²) in [4.78, 5) is 11.1. The Labute approximate surface area is 155 Å². The standard InChI is InChI=1S/C20H20N4O3/c1-11(2)24-13(4)19(12(3)22-24)16-9-21-23-6-5-14(7-17(16)23)18-8-15(10-27-18)20(25)26/h5-11H,1-4H3,(H,25,26). The Morgan fingerprint density at radius 1 is 1.26 bits per heavy atom. The number of rotatable bonds is 4. The Kier molecular flexibility index (Phi) is 3.87. The topological polar surface area (TPSA) is 85.6 Å².